The summed E-state index contributed by atoms with van der Waals surface area (Å²) in [5.41, 5.74) is 2.19. The second-order valence-corrected chi connectivity index (χ2v) is 7.94. The fourth-order valence-corrected chi connectivity index (χ4v) is 4.23. The van der Waals surface area contributed by atoms with Crippen molar-refractivity contribution < 1.29 is 0 Å². The first-order valence-corrected chi connectivity index (χ1v) is 9.09. The number of imidazole rings is 1. The molecule has 1 aliphatic heterocycles. The molecule has 1 aromatic carbocycles. The van der Waals surface area contributed by atoms with Crippen LogP contribution in [0.4, 0.5) is 0 Å². The number of rotatable bonds is 4. The van der Waals surface area contributed by atoms with Crippen LogP contribution in [-0.2, 0) is 13.6 Å². The van der Waals surface area contributed by atoms with Crippen molar-refractivity contribution in [3.63, 3.8) is 0 Å². The van der Waals surface area contributed by atoms with Crippen molar-refractivity contribution in [3.05, 3.63) is 30.1 Å². The Bertz CT molecular complexity index is 700. The van der Waals surface area contributed by atoms with Gasteiger partial charge in [-0.2, -0.15) is 11.8 Å². The van der Waals surface area contributed by atoms with E-state index in [2.05, 4.69) is 57.0 Å². The van der Waals surface area contributed by atoms with Gasteiger partial charge in [-0.25, -0.2) is 4.98 Å². The smallest absolute Gasteiger partial charge is 0.191 e. The number of aromatic nitrogens is 2. The maximum absolute atomic E-state index is 4.68. The number of guanidine groups is 1. The lowest BCUT2D eigenvalue weighted by molar-refractivity contribution is 0.583. The summed E-state index contributed by atoms with van der Waals surface area (Å²) in [6, 6.07) is 8.20. The molecule has 0 bridgehead atoms. The molecule has 2 N–H and O–H groups in total. The number of aryl methyl sites for hydroxylation is 1. The highest BCUT2D eigenvalue weighted by Gasteiger charge is 2.29. The van der Waals surface area contributed by atoms with Crippen LogP contribution in [0.1, 0.15) is 25.6 Å². The first-order valence-electron chi connectivity index (χ1n) is 8.10. The predicted molar refractivity (Wildman–Crippen MR) is 99.0 cm³/mol. The lowest BCUT2D eigenvalue weighted by Gasteiger charge is -2.24. The van der Waals surface area contributed by atoms with E-state index in [1.54, 1.807) is 0 Å². The minimum absolute atomic E-state index is 0.329. The fourth-order valence-electron chi connectivity index (χ4n) is 2.98. The predicted octanol–water partition coefficient (Wildman–Crippen LogP) is 2.52. The Hall–Kier alpha value is -1.69. The van der Waals surface area contributed by atoms with Crippen LogP contribution in [-0.4, -0.2) is 39.6 Å². The molecule has 1 aliphatic rings. The standard InChI is InChI=1S/C17H25N5S/c1-17(9-6-10-23-17)12-20-16(18-2)19-11-15-21-13-7-4-5-8-14(13)22(15)3/h4-5,7-8H,6,9-12H2,1-3H3,(H2,18,19,20). The van der Waals surface area contributed by atoms with Crippen LogP contribution < -0.4 is 10.6 Å². The van der Waals surface area contributed by atoms with Crippen LogP contribution >= 0.6 is 11.8 Å². The largest absolute Gasteiger partial charge is 0.355 e. The lowest BCUT2D eigenvalue weighted by Crippen LogP contribution is -2.43. The minimum Gasteiger partial charge on any atom is -0.355 e. The summed E-state index contributed by atoms with van der Waals surface area (Å²) in [5, 5.41) is 6.83. The van der Waals surface area contributed by atoms with Gasteiger partial charge in [-0.1, -0.05) is 12.1 Å². The number of hydrogen-bond acceptors (Lipinski definition) is 3. The van der Waals surface area contributed by atoms with E-state index >= 15 is 0 Å². The van der Waals surface area contributed by atoms with E-state index in [9.17, 15) is 0 Å². The number of nitrogens with one attached hydrogen (secondary N) is 2. The van der Waals surface area contributed by atoms with E-state index < -0.39 is 0 Å². The zero-order chi connectivity index (χ0) is 16.3. The maximum Gasteiger partial charge on any atom is 0.191 e. The van der Waals surface area contributed by atoms with Gasteiger partial charge in [0.2, 0.25) is 0 Å². The van der Waals surface area contributed by atoms with Crippen molar-refractivity contribution in [2.45, 2.75) is 31.1 Å². The van der Waals surface area contributed by atoms with Gasteiger partial charge in [-0.3, -0.25) is 4.99 Å². The number of nitrogens with zero attached hydrogens (tertiary/aromatic N) is 3. The van der Waals surface area contributed by atoms with E-state index in [0.29, 0.717) is 11.3 Å². The molecule has 1 saturated heterocycles. The topological polar surface area (TPSA) is 54.2 Å². The number of para-hydroxylation sites is 2. The quantitative estimate of drug-likeness (QED) is 0.668. The molecule has 0 spiro atoms. The van der Waals surface area contributed by atoms with E-state index in [-0.39, 0.29) is 0 Å². The Morgan fingerprint density at radius 1 is 1.39 bits per heavy atom. The monoisotopic (exact) mass is 331 g/mol. The average Bonchev–Trinajstić information content (AvgIpc) is 3.13. The molecule has 2 heterocycles. The van der Waals surface area contributed by atoms with E-state index in [0.717, 1.165) is 29.4 Å². The SMILES string of the molecule is CN=C(NCc1nc2ccccc2n1C)NCC1(C)CCCS1. The first-order chi connectivity index (χ1) is 11.1. The van der Waals surface area contributed by atoms with Gasteiger partial charge in [0.25, 0.3) is 0 Å². The van der Waals surface area contributed by atoms with Gasteiger partial charge in [-0.05, 0) is 37.7 Å². The lowest BCUT2D eigenvalue weighted by atomic mass is 10.1. The Morgan fingerprint density at radius 3 is 2.91 bits per heavy atom. The summed E-state index contributed by atoms with van der Waals surface area (Å²) in [4.78, 5) is 9.01. The van der Waals surface area contributed by atoms with Crippen LogP contribution in [0.2, 0.25) is 0 Å². The molecule has 23 heavy (non-hydrogen) atoms. The molecule has 5 nitrogen and oxygen atoms in total. The highest BCUT2D eigenvalue weighted by atomic mass is 32.2. The molecule has 0 saturated carbocycles. The van der Waals surface area contributed by atoms with E-state index in [1.807, 2.05) is 25.2 Å². The number of fused-ring (bicyclic) bond motifs is 1. The van der Waals surface area contributed by atoms with Crippen LogP contribution in [0, 0.1) is 0 Å². The summed E-state index contributed by atoms with van der Waals surface area (Å²) >= 11 is 2.06. The molecular formula is C17H25N5S. The van der Waals surface area contributed by atoms with E-state index in [1.165, 1.54) is 18.6 Å². The van der Waals surface area contributed by atoms with Gasteiger partial charge in [0.15, 0.2) is 5.96 Å². The molecule has 0 aliphatic carbocycles. The van der Waals surface area contributed by atoms with Gasteiger partial charge in [0, 0.05) is 25.4 Å². The molecule has 6 heteroatoms. The van der Waals surface area contributed by atoms with Crippen molar-refractivity contribution >= 4 is 28.8 Å². The normalized spacial score (nSPS) is 21.8. The Balaban J connectivity index is 1.60. The average molecular weight is 331 g/mol. The van der Waals surface area contributed by atoms with Crippen molar-refractivity contribution in [3.8, 4) is 0 Å². The summed E-state index contributed by atoms with van der Waals surface area (Å²) in [6.07, 6.45) is 2.58. The maximum atomic E-state index is 4.68. The van der Waals surface area contributed by atoms with Crippen LogP contribution in [0.15, 0.2) is 29.3 Å². The highest BCUT2D eigenvalue weighted by Crippen LogP contribution is 2.36. The molecule has 1 unspecified atom stereocenters. The Kier molecular flexibility index (Phi) is 4.80. The Morgan fingerprint density at radius 2 is 2.22 bits per heavy atom. The van der Waals surface area contributed by atoms with Gasteiger partial charge < -0.3 is 15.2 Å². The van der Waals surface area contributed by atoms with Crippen molar-refractivity contribution in [1.82, 2.24) is 20.2 Å². The second-order valence-electron chi connectivity index (χ2n) is 6.26. The molecule has 0 amide bonds. The first kappa shape index (κ1) is 16.2. The molecule has 0 radical (unpaired) electrons. The number of thioether (sulfide) groups is 1. The molecule has 1 aromatic heterocycles. The van der Waals surface area contributed by atoms with Gasteiger partial charge in [0.05, 0.1) is 17.6 Å². The van der Waals surface area contributed by atoms with E-state index in [4.69, 9.17) is 0 Å². The summed E-state index contributed by atoms with van der Waals surface area (Å²) in [6.45, 7) is 3.94. The number of aliphatic imine (C=N–C) groups is 1. The molecule has 1 fully saturated rings. The molecule has 124 valence electrons. The Labute approximate surface area is 142 Å². The minimum atomic E-state index is 0.329. The van der Waals surface area contributed by atoms with Crippen LogP contribution in [0.3, 0.4) is 0 Å². The molecular weight excluding hydrogens is 306 g/mol. The zero-order valence-electron chi connectivity index (χ0n) is 14.1. The molecule has 2 aromatic rings. The highest BCUT2D eigenvalue weighted by molar-refractivity contribution is 8.00. The zero-order valence-corrected chi connectivity index (χ0v) is 14.9. The van der Waals surface area contributed by atoms with Crippen molar-refractivity contribution in [2.24, 2.45) is 12.0 Å². The van der Waals surface area contributed by atoms with Gasteiger partial charge in [-0.15, -0.1) is 0 Å². The summed E-state index contributed by atoms with van der Waals surface area (Å²) in [5.74, 6) is 3.12. The number of hydrogen-bond donors (Lipinski definition) is 2. The van der Waals surface area contributed by atoms with Crippen LogP contribution in [0.25, 0.3) is 11.0 Å². The van der Waals surface area contributed by atoms with Crippen LogP contribution in [0.5, 0.6) is 0 Å². The summed E-state index contributed by atoms with van der Waals surface area (Å²) in [7, 11) is 3.87. The molecule has 3 rings (SSSR count). The third-order valence-corrected chi connectivity index (χ3v) is 5.99. The molecule has 1 atom stereocenters. The van der Waals surface area contributed by atoms with Gasteiger partial charge in [0.1, 0.15) is 5.82 Å². The van der Waals surface area contributed by atoms with Crippen molar-refractivity contribution in [1.29, 1.82) is 0 Å². The second kappa shape index (κ2) is 6.83. The third-order valence-electron chi connectivity index (χ3n) is 4.45. The number of benzene rings is 1. The van der Waals surface area contributed by atoms with Crippen molar-refractivity contribution in [2.75, 3.05) is 19.3 Å². The fraction of sp³-hybridized carbons (Fsp3) is 0.529. The third kappa shape index (κ3) is 3.63. The van der Waals surface area contributed by atoms with Gasteiger partial charge >= 0.3 is 0 Å². The summed E-state index contributed by atoms with van der Waals surface area (Å²) < 4.78 is 2.46.